The molecule has 2 N–H and O–H groups in total. The van der Waals surface area contributed by atoms with Gasteiger partial charge >= 0.3 is 5.97 Å². The number of nitrogens with one attached hydrogen (secondary N) is 1. The van der Waals surface area contributed by atoms with Gasteiger partial charge in [0.25, 0.3) is 0 Å². The number of nitrogens with zero attached hydrogens (tertiary/aromatic N) is 1. The van der Waals surface area contributed by atoms with Crippen LogP contribution in [0.4, 0.5) is 5.69 Å². The molecule has 5 heteroatoms. The molecule has 0 bridgehead atoms. The number of anilines is 1. The van der Waals surface area contributed by atoms with Gasteiger partial charge in [0.1, 0.15) is 5.69 Å². The average molecular weight is 229 g/mol. The Kier molecular flexibility index (Phi) is 5.41. The number of carboxylic acids is 1. The maximum Gasteiger partial charge on any atom is 0.335 e. The standard InChI is InChI=1S/C10H12N2O2.ClH/c1-12(2)7-11-9-5-3-8(4-6-9)10(13)14;/h3-7H,1-2H3,(H,13,14);1H. The largest absolute Gasteiger partial charge is 1.00 e. The van der Waals surface area contributed by atoms with Crippen LogP contribution in [-0.2, 0) is 0 Å². The van der Waals surface area contributed by atoms with E-state index >= 15 is 0 Å². The first kappa shape index (κ1) is 13.4. The van der Waals surface area contributed by atoms with Crippen molar-refractivity contribution in [2.24, 2.45) is 0 Å². The molecule has 0 amide bonds. The summed E-state index contributed by atoms with van der Waals surface area (Å²) in [5.74, 6) is -0.909. The van der Waals surface area contributed by atoms with Gasteiger partial charge in [0.05, 0.1) is 19.7 Å². The molecule has 0 saturated carbocycles. The summed E-state index contributed by atoms with van der Waals surface area (Å²) in [6, 6.07) is 6.58. The number of benzene rings is 1. The molecule has 82 valence electrons. The SMILES string of the molecule is C[N+](C)=CNc1ccc(C(=O)O)cc1.[Cl-]. The first-order chi connectivity index (χ1) is 6.59. The fourth-order valence-electron chi connectivity index (χ4n) is 0.913. The minimum atomic E-state index is -0.909. The fraction of sp³-hybridized carbons (Fsp3) is 0.200. The zero-order chi connectivity index (χ0) is 10.6. The lowest BCUT2D eigenvalue weighted by Crippen LogP contribution is -3.00. The lowest BCUT2D eigenvalue weighted by molar-refractivity contribution is -0.459. The molecule has 0 aliphatic rings. The van der Waals surface area contributed by atoms with Crippen molar-refractivity contribution >= 4 is 18.0 Å². The molecule has 0 unspecified atom stereocenters. The normalized spacial score (nSPS) is 8.67. The Labute approximate surface area is 94.7 Å². The molecule has 4 nitrogen and oxygen atoms in total. The van der Waals surface area contributed by atoms with E-state index in [-0.39, 0.29) is 12.4 Å². The number of halogens is 1. The predicted octanol–water partition coefficient (Wildman–Crippen LogP) is -1.90. The summed E-state index contributed by atoms with van der Waals surface area (Å²) in [5, 5.41) is 11.7. The third kappa shape index (κ3) is 4.46. The van der Waals surface area contributed by atoms with Gasteiger partial charge in [-0.15, -0.1) is 0 Å². The van der Waals surface area contributed by atoms with Crippen LogP contribution in [0.25, 0.3) is 0 Å². The Hall–Kier alpha value is -1.55. The first-order valence-corrected chi connectivity index (χ1v) is 4.19. The van der Waals surface area contributed by atoms with Crippen molar-refractivity contribution in [1.82, 2.24) is 0 Å². The van der Waals surface area contributed by atoms with E-state index in [0.29, 0.717) is 5.56 Å². The predicted molar refractivity (Wildman–Crippen MR) is 55.2 cm³/mol. The highest BCUT2D eigenvalue weighted by atomic mass is 35.5. The molecule has 0 fully saturated rings. The van der Waals surface area contributed by atoms with Gasteiger partial charge in [-0.3, -0.25) is 4.58 Å². The van der Waals surface area contributed by atoms with Crippen molar-refractivity contribution in [2.45, 2.75) is 0 Å². The van der Waals surface area contributed by atoms with E-state index < -0.39 is 5.97 Å². The monoisotopic (exact) mass is 228 g/mol. The quantitative estimate of drug-likeness (QED) is 0.361. The topological polar surface area (TPSA) is 52.3 Å². The molecule has 0 aromatic heterocycles. The minimum Gasteiger partial charge on any atom is -1.00 e. The van der Waals surface area contributed by atoms with E-state index in [2.05, 4.69) is 5.32 Å². The summed E-state index contributed by atoms with van der Waals surface area (Å²) < 4.78 is 1.87. The van der Waals surface area contributed by atoms with Crippen LogP contribution >= 0.6 is 0 Å². The van der Waals surface area contributed by atoms with Gasteiger partial charge in [-0.1, -0.05) is 0 Å². The van der Waals surface area contributed by atoms with E-state index in [1.54, 1.807) is 30.6 Å². The third-order valence-electron chi connectivity index (χ3n) is 1.62. The highest BCUT2D eigenvalue weighted by Crippen LogP contribution is 2.08. The smallest absolute Gasteiger partial charge is 0.335 e. The van der Waals surface area contributed by atoms with Crippen LogP contribution in [0, 0.1) is 0 Å². The molecule has 0 aliphatic carbocycles. The highest BCUT2D eigenvalue weighted by Gasteiger charge is 2.02. The zero-order valence-electron chi connectivity index (χ0n) is 8.57. The molecule has 0 radical (unpaired) electrons. The van der Waals surface area contributed by atoms with Crippen LogP contribution in [0.5, 0.6) is 0 Å². The van der Waals surface area contributed by atoms with Gasteiger partial charge in [-0.25, -0.2) is 10.1 Å². The van der Waals surface area contributed by atoms with Crippen LogP contribution in [0.1, 0.15) is 10.4 Å². The van der Waals surface area contributed by atoms with E-state index in [9.17, 15) is 4.79 Å². The number of carbonyl (C=O) groups is 1. The van der Waals surface area contributed by atoms with E-state index in [0.717, 1.165) is 5.69 Å². The van der Waals surface area contributed by atoms with Gasteiger partial charge in [0, 0.05) is 0 Å². The molecule has 0 atom stereocenters. The Morgan fingerprint density at radius 2 is 1.87 bits per heavy atom. The van der Waals surface area contributed by atoms with Crippen LogP contribution in [0.15, 0.2) is 24.3 Å². The van der Waals surface area contributed by atoms with Crippen molar-refractivity contribution < 1.29 is 26.9 Å². The summed E-state index contributed by atoms with van der Waals surface area (Å²) in [5.41, 5.74) is 1.16. The van der Waals surface area contributed by atoms with Crippen LogP contribution in [0.2, 0.25) is 0 Å². The minimum absolute atomic E-state index is 0. The van der Waals surface area contributed by atoms with Crippen LogP contribution in [0.3, 0.4) is 0 Å². The maximum atomic E-state index is 10.5. The average Bonchev–Trinajstić information content (AvgIpc) is 2.15. The van der Waals surface area contributed by atoms with E-state index in [4.69, 9.17) is 5.11 Å². The van der Waals surface area contributed by atoms with Gasteiger partial charge < -0.3 is 17.5 Å². The number of hydrogen-bond acceptors (Lipinski definition) is 1. The molecule has 1 rings (SSSR count). The Balaban J connectivity index is 0.00000196. The van der Waals surface area contributed by atoms with E-state index in [1.165, 1.54) is 0 Å². The van der Waals surface area contributed by atoms with Crippen LogP contribution < -0.4 is 17.7 Å². The first-order valence-electron chi connectivity index (χ1n) is 4.19. The molecule has 0 saturated heterocycles. The second-order valence-electron chi connectivity index (χ2n) is 3.12. The Bertz CT molecular complexity index is 356. The molecular weight excluding hydrogens is 216 g/mol. The third-order valence-corrected chi connectivity index (χ3v) is 1.62. The number of rotatable bonds is 3. The summed E-state index contributed by atoms with van der Waals surface area (Å²) in [7, 11) is 3.80. The highest BCUT2D eigenvalue weighted by molar-refractivity contribution is 5.88. The summed E-state index contributed by atoms with van der Waals surface area (Å²) >= 11 is 0. The molecule has 0 heterocycles. The second-order valence-corrected chi connectivity index (χ2v) is 3.12. The van der Waals surface area contributed by atoms with Crippen molar-refractivity contribution in [3.63, 3.8) is 0 Å². The lowest BCUT2D eigenvalue weighted by atomic mass is 10.2. The fourth-order valence-corrected chi connectivity index (χ4v) is 0.913. The molecular formula is C10H13ClN2O2. The number of hydrogen-bond donors (Lipinski definition) is 2. The van der Waals surface area contributed by atoms with Gasteiger partial charge in [-0.2, -0.15) is 0 Å². The summed E-state index contributed by atoms with van der Waals surface area (Å²) in [6.45, 7) is 0. The van der Waals surface area contributed by atoms with Gasteiger partial charge in [0.2, 0.25) is 6.34 Å². The van der Waals surface area contributed by atoms with Crippen molar-refractivity contribution in [3.05, 3.63) is 29.8 Å². The van der Waals surface area contributed by atoms with Crippen molar-refractivity contribution in [1.29, 1.82) is 0 Å². The Morgan fingerprint density at radius 3 is 2.27 bits per heavy atom. The maximum absolute atomic E-state index is 10.5. The van der Waals surface area contributed by atoms with Gasteiger partial charge in [0.15, 0.2) is 0 Å². The van der Waals surface area contributed by atoms with Crippen LogP contribution in [-0.4, -0.2) is 36.1 Å². The number of aromatic carboxylic acids is 1. The molecule has 0 aliphatic heterocycles. The molecule has 0 spiro atoms. The number of carboxylic acid groups (broad SMARTS) is 1. The summed E-state index contributed by atoms with van der Waals surface area (Å²) in [6.07, 6.45) is 1.79. The van der Waals surface area contributed by atoms with Crippen molar-refractivity contribution in [2.75, 3.05) is 19.4 Å². The second kappa shape index (κ2) is 6.03. The Morgan fingerprint density at radius 1 is 1.33 bits per heavy atom. The molecule has 15 heavy (non-hydrogen) atoms. The van der Waals surface area contributed by atoms with E-state index in [1.807, 2.05) is 18.7 Å². The summed E-state index contributed by atoms with van der Waals surface area (Å²) in [4.78, 5) is 10.5. The molecule has 1 aromatic carbocycles. The van der Waals surface area contributed by atoms with Gasteiger partial charge in [-0.05, 0) is 24.3 Å². The lowest BCUT2D eigenvalue weighted by Gasteiger charge is -1.96. The molecule has 1 aromatic rings. The zero-order valence-corrected chi connectivity index (χ0v) is 9.32. The van der Waals surface area contributed by atoms with Crippen molar-refractivity contribution in [3.8, 4) is 0 Å².